The zero-order valence-electron chi connectivity index (χ0n) is 22.6. The van der Waals surface area contributed by atoms with Gasteiger partial charge in [0.05, 0.1) is 49.4 Å². The molecule has 0 radical (unpaired) electrons. The van der Waals surface area contributed by atoms with Gasteiger partial charge in [0.25, 0.3) is 0 Å². The molecule has 4 heterocycles. The topological polar surface area (TPSA) is 304 Å². The molecule has 2 saturated heterocycles. The number of methoxy groups -OCH3 is 1. The first kappa shape index (κ1) is 33.1. The van der Waals surface area contributed by atoms with Gasteiger partial charge in [-0.25, -0.2) is 18.8 Å². The Hall–Kier alpha value is -1.26. The van der Waals surface area contributed by atoms with Gasteiger partial charge in [0.15, 0.2) is 23.5 Å². The van der Waals surface area contributed by atoms with E-state index in [4.69, 9.17) is 50.8 Å². The van der Waals surface area contributed by atoms with E-state index in [2.05, 4.69) is 15.3 Å². The molecule has 1 aromatic rings. The Morgan fingerprint density at radius 2 is 1.95 bits per heavy atom. The summed E-state index contributed by atoms with van der Waals surface area (Å²) >= 11 is 4.89. The minimum absolute atomic E-state index is 0.135. The van der Waals surface area contributed by atoms with E-state index in [1.54, 1.807) is 19.2 Å². The second-order valence-electron chi connectivity index (χ2n) is 10.6. The number of phosphoric acid groups is 1. The Labute approximate surface area is 249 Å². The van der Waals surface area contributed by atoms with Crippen LogP contribution < -0.4 is 16.8 Å². The molecule has 1 aromatic heterocycles. The molecule has 242 valence electrons. The average molecular weight is 674 g/mol. The fourth-order valence-electron chi connectivity index (χ4n) is 6.11. The number of hydrogen-bond acceptors (Lipinski definition) is 18. The largest absolute Gasteiger partial charge is 0.481 e. The first-order chi connectivity index (χ1) is 20.0. The first-order valence-electron chi connectivity index (χ1n) is 12.8. The Morgan fingerprint density at radius 1 is 1.26 bits per heavy atom. The van der Waals surface area contributed by atoms with Crippen molar-refractivity contribution in [3.05, 3.63) is 24.3 Å². The van der Waals surface area contributed by atoms with E-state index in [1.807, 2.05) is 0 Å². The molecule has 5 rings (SSSR count). The molecule has 0 bridgehead atoms. The van der Waals surface area contributed by atoms with Crippen LogP contribution in [-0.2, 0) is 49.5 Å². The highest BCUT2D eigenvalue weighted by Gasteiger charge is 2.73. The van der Waals surface area contributed by atoms with E-state index in [1.165, 1.54) is 13.4 Å². The van der Waals surface area contributed by atoms with Crippen LogP contribution in [0.4, 0.5) is 11.5 Å². The van der Waals surface area contributed by atoms with Gasteiger partial charge in [-0.1, -0.05) is 0 Å². The standard InChI is InChI=1S/C21H33N5O14P2S/c1-19(35-2)15(22)9(37-20(19)3-4-24-12-16(20)25-7-26-17(12)23)6-36-42(34,43)40-41(32,33)39-18-11-14(30)13(29)10(8(28)5-27)21(11,31)38-18/h3-4,7-11,13-15,18,24,27-31H,5-6,22H2,1-2H3,(H,32,33)(H,34,43)(H2,23,25,26)/t8-,9+,10?,11?,13?,14?,15+,18?,19+,20?,21?,42?/m0/s1. The van der Waals surface area contributed by atoms with Crippen molar-refractivity contribution in [2.45, 2.75) is 60.7 Å². The molecule has 22 heteroatoms. The van der Waals surface area contributed by atoms with Gasteiger partial charge in [-0.3, -0.25) is 4.52 Å². The zero-order chi connectivity index (χ0) is 31.8. The van der Waals surface area contributed by atoms with E-state index in [0.717, 1.165) is 0 Å². The number of aliphatic hydroxyl groups is 5. The number of ether oxygens (including phenoxy) is 3. The lowest BCUT2D eigenvalue weighted by atomic mass is 9.76. The molecule has 19 nitrogen and oxygen atoms in total. The van der Waals surface area contributed by atoms with Gasteiger partial charge in [0.1, 0.15) is 29.4 Å². The zero-order valence-corrected chi connectivity index (χ0v) is 25.2. The molecule has 0 aromatic carbocycles. The molecule has 13 atom stereocenters. The van der Waals surface area contributed by atoms with E-state index >= 15 is 0 Å². The Morgan fingerprint density at radius 3 is 2.60 bits per heavy atom. The predicted octanol–water partition coefficient (Wildman–Crippen LogP) is -2.94. The monoisotopic (exact) mass is 673 g/mol. The highest BCUT2D eigenvalue weighted by molar-refractivity contribution is 8.08. The fraction of sp³-hybridized carbons (Fsp3) is 0.714. The SMILES string of the molecule is CO[C@]1(C)[C@H](N)[C@@H](COP(O)(=S)OP(=O)(O)OC2OC3(O)C2C(O)C(O)C3[C@@H](O)CO)OC12C=CNc1c(N)ncnc12. The van der Waals surface area contributed by atoms with Crippen LogP contribution in [0.15, 0.2) is 18.6 Å². The lowest BCUT2D eigenvalue weighted by molar-refractivity contribution is -0.427. The third kappa shape index (κ3) is 5.17. The number of aromatic nitrogens is 2. The molecular formula is C21H33N5O14P2S. The fourth-order valence-corrected chi connectivity index (χ4v) is 9.21. The van der Waals surface area contributed by atoms with Crippen LogP contribution in [0, 0.1) is 11.8 Å². The number of fused-ring (bicyclic) bond motifs is 3. The molecule has 4 aliphatic rings. The quantitative estimate of drug-likeness (QED) is 0.111. The molecule has 3 fully saturated rings. The van der Waals surface area contributed by atoms with Gasteiger partial charge < -0.3 is 70.8 Å². The maximum atomic E-state index is 12.7. The number of nitrogens with two attached hydrogens (primary N) is 2. The number of nitrogen functional groups attached to an aromatic ring is 1. The molecule has 1 aliphatic carbocycles. The van der Waals surface area contributed by atoms with E-state index in [-0.39, 0.29) is 5.82 Å². The first-order valence-corrected chi connectivity index (χ1v) is 16.8. The van der Waals surface area contributed by atoms with Gasteiger partial charge in [-0.2, -0.15) is 0 Å². The number of aliphatic hydroxyl groups excluding tert-OH is 4. The number of nitrogens with zero attached hydrogens (tertiary/aromatic N) is 2. The molecule has 9 unspecified atom stereocenters. The highest BCUT2D eigenvalue weighted by atomic mass is 32.5. The van der Waals surface area contributed by atoms with Crippen LogP contribution in [0.25, 0.3) is 0 Å². The van der Waals surface area contributed by atoms with Crippen LogP contribution in [0.2, 0.25) is 0 Å². The smallest absolute Gasteiger partial charge is 0.394 e. The molecule has 1 saturated carbocycles. The molecule has 43 heavy (non-hydrogen) atoms. The number of anilines is 2. The second kappa shape index (κ2) is 11.2. The summed E-state index contributed by atoms with van der Waals surface area (Å²) in [6.45, 7) is -4.35. The lowest BCUT2D eigenvalue weighted by Crippen LogP contribution is -2.64. The molecular weight excluding hydrogens is 640 g/mol. The summed E-state index contributed by atoms with van der Waals surface area (Å²) in [5.74, 6) is -5.37. The predicted molar refractivity (Wildman–Crippen MR) is 146 cm³/mol. The van der Waals surface area contributed by atoms with Crippen molar-refractivity contribution < 1.29 is 67.5 Å². The van der Waals surface area contributed by atoms with Crippen LogP contribution in [0.5, 0.6) is 0 Å². The average Bonchev–Trinajstić information content (AvgIpc) is 3.22. The van der Waals surface area contributed by atoms with Crippen molar-refractivity contribution in [2.24, 2.45) is 17.6 Å². The summed E-state index contributed by atoms with van der Waals surface area (Å²) in [5.41, 5.74) is 10.5. The van der Waals surface area contributed by atoms with Crippen molar-refractivity contribution in [3.63, 3.8) is 0 Å². The van der Waals surface area contributed by atoms with Gasteiger partial charge in [0, 0.05) is 13.3 Å². The van der Waals surface area contributed by atoms with Crippen molar-refractivity contribution in [1.82, 2.24) is 9.97 Å². The minimum Gasteiger partial charge on any atom is -0.394 e. The number of rotatable bonds is 10. The number of hydrogen-bond donors (Lipinski definition) is 10. The van der Waals surface area contributed by atoms with Gasteiger partial charge in [-0.15, -0.1) is 0 Å². The summed E-state index contributed by atoms with van der Waals surface area (Å²) < 4.78 is 44.7. The molecule has 1 spiro atoms. The third-order valence-corrected chi connectivity index (χ3v) is 11.9. The van der Waals surface area contributed by atoms with Crippen LogP contribution in [0.3, 0.4) is 0 Å². The number of phosphoric ester groups is 1. The van der Waals surface area contributed by atoms with Gasteiger partial charge in [0.2, 0.25) is 0 Å². The van der Waals surface area contributed by atoms with E-state index in [9.17, 15) is 39.9 Å². The maximum absolute atomic E-state index is 12.7. The summed E-state index contributed by atoms with van der Waals surface area (Å²) in [7, 11) is -3.91. The summed E-state index contributed by atoms with van der Waals surface area (Å²) in [6.07, 6.45) is -3.76. The third-order valence-electron chi connectivity index (χ3n) is 8.40. The van der Waals surface area contributed by atoms with E-state index < -0.39 is 93.3 Å². The van der Waals surface area contributed by atoms with Crippen LogP contribution in [0.1, 0.15) is 12.6 Å². The van der Waals surface area contributed by atoms with Gasteiger partial charge in [-0.05, 0) is 24.8 Å². The Kier molecular flexibility index (Phi) is 8.64. The minimum atomic E-state index is -5.32. The van der Waals surface area contributed by atoms with E-state index in [0.29, 0.717) is 11.4 Å². The molecule has 3 aliphatic heterocycles. The molecule has 12 N–H and O–H groups in total. The van der Waals surface area contributed by atoms with Crippen LogP contribution in [-0.4, -0.2) is 114 Å². The van der Waals surface area contributed by atoms with Crippen molar-refractivity contribution in [1.29, 1.82) is 0 Å². The van der Waals surface area contributed by atoms with Crippen molar-refractivity contribution in [3.8, 4) is 0 Å². The molecule has 0 amide bonds. The Bertz CT molecular complexity index is 1380. The summed E-state index contributed by atoms with van der Waals surface area (Å²) in [5, 5.41) is 53.3. The Balaban J connectivity index is 1.26. The second-order valence-corrected chi connectivity index (χ2v) is 15.0. The normalized spacial score (nSPS) is 43.3. The maximum Gasteiger partial charge on any atom is 0.481 e. The summed E-state index contributed by atoms with van der Waals surface area (Å²) in [6, 6.07) is -0.949. The van der Waals surface area contributed by atoms with Gasteiger partial charge >= 0.3 is 14.5 Å². The van der Waals surface area contributed by atoms with Crippen molar-refractivity contribution in [2.75, 3.05) is 31.4 Å². The lowest BCUT2D eigenvalue weighted by Gasteiger charge is -2.49. The van der Waals surface area contributed by atoms with Crippen molar-refractivity contribution >= 4 is 37.9 Å². The highest BCUT2D eigenvalue weighted by Crippen LogP contribution is 2.65. The van der Waals surface area contributed by atoms with Crippen LogP contribution >= 0.6 is 14.5 Å². The summed E-state index contributed by atoms with van der Waals surface area (Å²) in [4.78, 5) is 29.2. The number of nitrogens with one attached hydrogen (secondary N) is 1.